The molecule has 1 fully saturated rings. The third-order valence-corrected chi connectivity index (χ3v) is 7.50. The Bertz CT molecular complexity index is 1030. The maximum Gasteiger partial charge on any atom is 0.227 e. The van der Waals surface area contributed by atoms with Crippen LogP contribution in [0.4, 0.5) is 0 Å². The summed E-state index contributed by atoms with van der Waals surface area (Å²) in [5.74, 6) is 0.131. The number of carbonyl (C=O) groups excluding carboxylic acids is 2. The number of amides is 2. The van der Waals surface area contributed by atoms with E-state index in [4.69, 9.17) is 0 Å². The van der Waals surface area contributed by atoms with E-state index >= 15 is 0 Å². The second kappa shape index (κ2) is 13.7. The number of likely N-dealkylation sites (tertiary alicyclic amines) is 1. The monoisotopic (exact) mass is 519 g/mol. The van der Waals surface area contributed by atoms with Gasteiger partial charge in [-0.3, -0.25) is 9.59 Å². The van der Waals surface area contributed by atoms with E-state index in [2.05, 4.69) is 16.8 Å². The number of piperidine rings is 1. The molecule has 2 N–H and O–H groups in total. The first kappa shape index (κ1) is 29.6. The van der Waals surface area contributed by atoms with Crippen molar-refractivity contribution in [2.24, 2.45) is 5.41 Å². The summed E-state index contributed by atoms with van der Waals surface area (Å²) < 4.78 is 0. The Morgan fingerprint density at radius 3 is 2.21 bits per heavy atom. The first-order valence-electron chi connectivity index (χ1n) is 13.9. The molecule has 6 heteroatoms. The lowest BCUT2D eigenvalue weighted by Gasteiger charge is -2.39. The smallest absolute Gasteiger partial charge is 0.227 e. The predicted molar refractivity (Wildman–Crippen MR) is 154 cm³/mol. The van der Waals surface area contributed by atoms with Crippen LogP contribution in [0.2, 0.25) is 0 Å². The van der Waals surface area contributed by atoms with E-state index in [1.165, 1.54) is 0 Å². The second-order valence-electron chi connectivity index (χ2n) is 11.5. The summed E-state index contributed by atoms with van der Waals surface area (Å²) in [6.45, 7) is 13.0. The Labute approximate surface area is 228 Å². The number of hydrogen-bond acceptors (Lipinski definition) is 4. The van der Waals surface area contributed by atoms with Gasteiger partial charge in [-0.05, 0) is 36.8 Å². The number of carbonyl (C=O) groups is 2. The highest BCUT2D eigenvalue weighted by Crippen LogP contribution is 2.30. The zero-order chi connectivity index (χ0) is 27.6. The molecule has 2 aromatic carbocycles. The Kier molecular flexibility index (Phi) is 10.7. The van der Waals surface area contributed by atoms with Crippen molar-refractivity contribution >= 4 is 11.8 Å². The van der Waals surface area contributed by atoms with Gasteiger partial charge < -0.3 is 20.2 Å². The molecule has 206 valence electrons. The first-order valence-corrected chi connectivity index (χ1v) is 13.9. The number of rotatable bonds is 12. The van der Waals surface area contributed by atoms with Gasteiger partial charge >= 0.3 is 0 Å². The van der Waals surface area contributed by atoms with Crippen LogP contribution in [-0.2, 0) is 21.6 Å². The van der Waals surface area contributed by atoms with Crippen LogP contribution in [0, 0.1) is 5.41 Å². The van der Waals surface area contributed by atoms with Gasteiger partial charge in [0.05, 0.1) is 12.0 Å². The molecule has 0 radical (unpaired) electrons. The van der Waals surface area contributed by atoms with Gasteiger partial charge in [-0.15, -0.1) is 6.58 Å². The van der Waals surface area contributed by atoms with Crippen LogP contribution in [0.1, 0.15) is 57.6 Å². The van der Waals surface area contributed by atoms with Gasteiger partial charge in [0.2, 0.25) is 11.8 Å². The number of hydrogen-bond donors (Lipinski definition) is 2. The van der Waals surface area contributed by atoms with Gasteiger partial charge in [-0.1, -0.05) is 87.5 Å². The van der Waals surface area contributed by atoms with Crippen molar-refractivity contribution in [2.45, 2.75) is 64.5 Å². The molecule has 1 atom stereocenters. The standard InChI is InChI=1S/C32H45N3O3/c1-5-21-35(29(36)25-26-12-8-6-9-13-26)28-16-22-34(23-17-28)24-19-32(38,27-14-10-7-11-15-27)18-20-33-30(37)31(2,3)4/h5-15,28,38H,1,16-25H2,2-4H3,(H,33,37). The van der Waals surface area contributed by atoms with Crippen molar-refractivity contribution in [3.63, 3.8) is 0 Å². The van der Waals surface area contributed by atoms with E-state index in [9.17, 15) is 14.7 Å². The van der Waals surface area contributed by atoms with E-state index in [0.717, 1.165) is 43.6 Å². The Morgan fingerprint density at radius 1 is 1.03 bits per heavy atom. The lowest BCUT2D eigenvalue weighted by molar-refractivity contribution is -0.133. The number of nitrogens with zero attached hydrogens (tertiary/aromatic N) is 2. The molecule has 2 amide bonds. The normalized spacial score (nSPS) is 16.4. The molecule has 1 aliphatic rings. The van der Waals surface area contributed by atoms with Gasteiger partial charge in [0.25, 0.3) is 0 Å². The minimum absolute atomic E-state index is 0.0131. The van der Waals surface area contributed by atoms with Crippen molar-refractivity contribution in [1.29, 1.82) is 0 Å². The maximum atomic E-state index is 13.1. The minimum atomic E-state index is -1.02. The van der Waals surface area contributed by atoms with Crippen LogP contribution >= 0.6 is 0 Å². The highest BCUT2D eigenvalue weighted by atomic mass is 16.3. The average Bonchev–Trinajstić information content (AvgIpc) is 2.91. The van der Waals surface area contributed by atoms with Gasteiger partial charge in [0, 0.05) is 44.2 Å². The largest absolute Gasteiger partial charge is 0.385 e. The summed E-state index contributed by atoms with van der Waals surface area (Å²) in [4.78, 5) is 29.8. The highest BCUT2D eigenvalue weighted by Gasteiger charge is 2.32. The van der Waals surface area contributed by atoms with Gasteiger partial charge in [0.1, 0.15) is 0 Å². The molecule has 6 nitrogen and oxygen atoms in total. The fraction of sp³-hybridized carbons (Fsp3) is 0.500. The van der Waals surface area contributed by atoms with Crippen LogP contribution in [0.15, 0.2) is 73.3 Å². The van der Waals surface area contributed by atoms with E-state index in [1.807, 2.05) is 92.4 Å². The lowest BCUT2D eigenvalue weighted by atomic mass is 9.86. The fourth-order valence-corrected chi connectivity index (χ4v) is 5.07. The summed E-state index contributed by atoms with van der Waals surface area (Å²) in [6, 6.07) is 19.8. The molecule has 0 saturated carbocycles. The van der Waals surface area contributed by atoms with Crippen molar-refractivity contribution in [2.75, 3.05) is 32.7 Å². The molecule has 1 aliphatic heterocycles. The molecule has 1 saturated heterocycles. The zero-order valence-electron chi connectivity index (χ0n) is 23.4. The van der Waals surface area contributed by atoms with Crippen LogP contribution in [0.5, 0.6) is 0 Å². The van der Waals surface area contributed by atoms with E-state index in [0.29, 0.717) is 32.4 Å². The summed E-state index contributed by atoms with van der Waals surface area (Å²) in [5, 5.41) is 14.7. The van der Waals surface area contributed by atoms with Crippen molar-refractivity contribution < 1.29 is 14.7 Å². The molecule has 0 spiro atoms. The topological polar surface area (TPSA) is 72.9 Å². The minimum Gasteiger partial charge on any atom is -0.385 e. The molecular formula is C32H45N3O3. The molecule has 3 rings (SSSR count). The Morgan fingerprint density at radius 2 is 1.63 bits per heavy atom. The molecule has 0 aromatic heterocycles. The summed E-state index contributed by atoms with van der Waals surface area (Å²) in [6.07, 6.45) is 5.06. The van der Waals surface area contributed by atoms with Gasteiger partial charge in [0.15, 0.2) is 0 Å². The van der Waals surface area contributed by atoms with E-state index in [1.54, 1.807) is 0 Å². The van der Waals surface area contributed by atoms with E-state index in [-0.39, 0.29) is 17.9 Å². The molecule has 1 heterocycles. The second-order valence-corrected chi connectivity index (χ2v) is 11.5. The summed E-state index contributed by atoms with van der Waals surface area (Å²) >= 11 is 0. The number of aliphatic hydroxyl groups is 1. The average molecular weight is 520 g/mol. The summed E-state index contributed by atoms with van der Waals surface area (Å²) in [5.41, 5.74) is 0.424. The number of benzene rings is 2. The Hall–Kier alpha value is -2.96. The van der Waals surface area contributed by atoms with Gasteiger partial charge in [-0.25, -0.2) is 0 Å². The number of nitrogens with one attached hydrogen (secondary N) is 1. The third kappa shape index (κ3) is 8.53. The fourth-order valence-electron chi connectivity index (χ4n) is 5.07. The molecule has 0 bridgehead atoms. The lowest BCUT2D eigenvalue weighted by Crippen LogP contribution is -2.48. The third-order valence-electron chi connectivity index (χ3n) is 7.50. The molecular weight excluding hydrogens is 474 g/mol. The SMILES string of the molecule is C=CCN(C(=O)Cc1ccccc1)C1CCN(CCC(O)(CCNC(=O)C(C)(C)C)c2ccccc2)CC1. The van der Waals surface area contributed by atoms with Crippen LogP contribution < -0.4 is 5.32 Å². The highest BCUT2D eigenvalue weighted by molar-refractivity contribution is 5.81. The summed E-state index contributed by atoms with van der Waals surface area (Å²) in [7, 11) is 0. The van der Waals surface area contributed by atoms with E-state index < -0.39 is 11.0 Å². The molecule has 2 aromatic rings. The molecule has 38 heavy (non-hydrogen) atoms. The Balaban J connectivity index is 1.56. The predicted octanol–water partition coefficient (Wildman–Crippen LogP) is 4.54. The first-order chi connectivity index (χ1) is 18.1. The van der Waals surface area contributed by atoms with Gasteiger partial charge in [-0.2, -0.15) is 0 Å². The van der Waals surface area contributed by atoms with Crippen molar-refractivity contribution in [3.8, 4) is 0 Å². The van der Waals surface area contributed by atoms with Crippen LogP contribution in [-0.4, -0.2) is 65.5 Å². The van der Waals surface area contributed by atoms with Crippen LogP contribution in [0.3, 0.4) is 0 Å². The van der Waals surface area contributed by atoms with Crippen molar-refractivity contribution in [1.82, 2.24) is 15.1 Å². The zero-order valence-corrected chi connectivity index (χ0v) is 23.4. The van der Waals surface area contributed by atoms with Crippen molar-refractivity contribution in [3.05, 3.63) is 84.4 Å². The molecule has 0 aliphatic carbocycles. The molecule has 1 unspecified atom stereocenters. The van der Waals surface area contributed by atoms with Crippen LogP contribution in [0.25, 0.3) is 0 Å². The maximum absolute atomic E-state index is 13.1. The quantitative estimate of drug-likeness (QED) is 0.404.